The number of carbonyl (C=O) groups excluding carboxylic acids is 1. The Morgan fingerprint density at radius 3 is 2.67 bits per heavy atom. The summed E-state index contributed by atoms with van der Waals surface area (Å²) >= 11 is 7.19. The van der Waals surface area contributed by atoms with Crippen LogP contribution >= 0.6 is 34.2 Å². The molecule has 0 saturated heterocycles. The molecular weight excluding hydrogens is 342 g/mol. The second-order valence-corrected chi connectivity index (χ2v) is 3.92. The lowest BCUT2D eigenvalue weighted by Gasteiger charge is -2.07. The van der Waals surface area contributed by atoms with E-state index >= 15 is 0 Å². The van der Waals surface area contributed by atoms with Crippen LogP contribution in [0.3, 0.4) is 0 Å². The van der Waals surface area contributed by atoms with Crippen LogP contribution in [0.2, 0.25) is 5.02 Å². The fraction of sp³-hybridized carbons (Fsp3) is 0.250. The van der Waals surface area contributed by atoms with Gasteiger partial charge in [-0.05, 0) is 28.7 Å². The number of rotatable bonds is 2. The zero-order chi connectivity index (χ0) is 11.6. The maximum atomic E-state index is 12.5. The third-order valence-electron chi connectivity index (χ3n) is 1.57. The molecule has 15 heavy (non-hydrogen) atoms. The first kappa shape index (κ1) is 12.6. The zero-order valence-electron chi connectivity index (χ0n) is 7.43. The van der Waals surface area contributed by atoms with Gasteiger partial charge in [-0.3, -0.25) is 0 Å². The lowest BCUT2D eigenvalue weighted by Crippen LogP contribution is -2.07. The second-order valence-electron chi connectivity index (χ2n) is 2.49. The van der Waals surface area contributed by atoms with Gasteiger partial charge in [0.2, 0.25) is 0 Å². The minimum atomic E-state index is -2.72. The van der Waals surface area contributed by atoms with E-state index in [1.807, 2.05) is 0 Å². The minimum absolute atomic E-state index is 0.00417. The van der Waals surface area contributed by atoms with Crippen molar-refractivity contribution in [1.29, 1.82) is 0 Å². The highest BCUT2D eigenvalue weighted by molar-refractivity contribution is 14.1. The molecule has 0 fully saturated rings. The summed E-state index contributed by atoms with van der Waals surface area (Å²) in [6, 6.07) is 1.07. The number of carbonyl (C=O) groups is 1. The van der Waals surface area contributed by atoms with Gasteiger partial charge in [-0.15, -0.1) is 0 Å². The topological polar surface area (TPSA) is 39.2 Å². The lowest BCUT2D eigenvalue weighted by atomic mass is 10.2. The third kappa shape index (κ3) is 2.75. The molecule has 0 aliphatic carbocycles. The molecular formula is C8H5ClF2INO2. The molecule has 0 unspecified atom stereocenters. The Hall–Kier alpha value is -0.500. The summed E-state index contributed by atoms with van der Waals surface area (Å²) in [5.41, 5.74) is -0.457. The van der Waals surface area contributed by atoms with Crippen molar-refractivity contribution in [2.45, 2.75) is 6.43 Å². The molecule has 0 amide bonds. The van der Waals surface area contributed by atoms with Gasteiger partial charge in [0.1, 0.15) is 3.70 Å². The molecule has 7 heteroatoms. The van der Waals surface area contributed by atoms with E-state index in [0.717, 1.165) is 6.07 Å². The average molecular weight is 347 g/mol. The van der Waals surface area contributed by atoms with Gasteiger partial charge in [-0.2, -0.15) is 0 Å². The van der Waals surface area contributed by atoms with Gasteiger partial charge in [-0.25, -0.2) is 18.6 Å². The van der Waals surface area contributed by atoms with Gasteiger partial charge >= 0.3 is 5.97 Å². The lowest BCUT2D eigenvalue weighted by molar-refractivity contribution is 0.0593. The van der Waals surface area contributed by atoms with Crippen molar-refractivity contribution < 1.29 is 18.3 Å². The van der Waals surface area contributed by atoms with E-state index in [4.69, 9.17) is 11.6 Å². The molecule has 0 radical (unpaired) electrons. The third-order valence-corrected chi connectivity index (χ3v) is 2.71. The van der Waals surface area contributed by atoms with Crippen LogP contribution in [-0.4, -0.2) is 18.1 Å². The minimum Gasteiger partial charge on any atom is -0.464 e. The van der Waals surface area contributed by atoms with Crippen LogP contribution in [0.1, 0.15) is 22.5 Å². The van der Waals surface area contributed by atoms with Crippen molar-refractivity contribution in [3.63, 3.8) is 0 Å². The molecule has 0 atom stereocenters. The average Bonchev–Trinajstić information content (AvgIpc) is 2.14. The van der Waals surface area contributed by atoms with Crippen molar-refractivity contribution in [2.24, 2.45) is 0 Å². The number of halogens is 4. The monoisotopic (exact) mass is 347 g/mol. The van der Waals surface area contributed by atoms with Crippen LogP contribution in [0.4, 0.5) is 8.78 Å². The molecule has 82 valence electrons. The highest BCUT2D eigenvalue weighted by Crippen LogP contribution is 2.30. The van der Waals surface area contributed by atoms with Crippen molar-refractivity contribution in [1.82, 2.24) is 4.98 Å². The van der Waals surface area contributed by atoms with Gasteiger partial charge < -0.3 is 4.74 Å². The molecule has 0 N–H and O–H groups in total. The molecule has 0 bridgehead atoms. The Morgan fingerprint density at radius 1 is 1.67 bits per heavy atom. The van der Waals surface area contributed by atoms with Crippen LogP contribution in [0.25, 0.3) is 0 Å². The van der Waals surface area contributed by atoms with Crippen molar-refractivity contribution >= 4 is 40.2 Å². The van der Waals surface area contributed by atoms with E-state index in [0.29, 0.717) is 0 Å². The summed E-state index contributed by atoms with van der Waals surface area (Å²) in [7, 11) is 1.17. The number of nitrogens with zero attached hydrogens (tertiary/aromatic N) is 1. The normalized spacial score (nSPS) is 10.5. The fourth-order valence-electron chi connectivity index (χ4n) is 0.898. The van der Waals surface area contributed by atoms with Gasteiger partial charge in [0.15, 0.2) is 5.69 Å². The molecule has 1 aromatic heterocycles. The fourth-order valence-corrected chi connectivity index (χ4v) is 2.12. The largest absolute Gasteiger partial charge is 0.464 e. The van der Waals surface area contributed by atoms with E-state index in [1.54, 1.807) is 22.6 Å². The maximum absolute atomic E-state index is 12.5. The molecule has 0 aromatic carbocycles. The van der Waals surface area contributed by atoms with E-state index in [1.165, 1.54) is 7.11 Å². The number of pyridine rings is 1. The van der Waals surface area contributed by atoms with Crippen molar-refractivity contribution in [2.75, 3.05) is 7.11 Å². The summed E-state index contributed by atoms with van der Waals surface area (Å²) in [6.45, 7) is 0. The number of hydrogen-bond acceptors (Lipinski definition) is 3. The number of ether oxygens (including phenoxy) is 1. The number of alkyl halides is 2. The summed E-state index contributed by atoms with van der Waals surface area (Å²) < 4.78 is 29.3. The Kier molecular flexibility index (Phi) is 4.21. The standard InChI is InChI=1S/C8H5ClF2INO2/c1-15-8(14)4-2-3(9)5(6(10)11)7(12)13-4/h2,6H,1H3. The number of aromatic nitrogens is 1. The highest BCUT2D eigenvalue weighted by Gasteiger charge is 2.20. The Bertz CT molecular complexity index is 377. The molecule has 0 saturated carbocycles. The highest BCUT2D eigenvalue weighted by atomic mass is 127. The molecule has 0 spiro atoms. The van der Waals surface area contributed by atoms with E-state index in [2.05, 4.69) is 9.72 Å². The molecule has 1 aromatic rings. The first-order valence-electron chi connectivity index (χ1n) is 3.69. The maximum Gasteiger partial charge on any atom is 0.356 e. The summed E-state index contributed by atoms with van der Waals surface area (Å²) in [4.78, 5) is 14.7. The summed E-state index contributed by atoms with van der Waals surface area (Å²) in [5.74, 6) is -0.712. The van der Waals surface area contributed by atoms with Crippen molar-refractivity contribution in [3.05, 3.63) is 26.0 Å². The molecule has 1 heterocycles. The van der Waals surface area contributed by atoms with Crippen LogP contribution in [0, 0.1) is 3.70 Å². The van der Waals surface area contributed by atoms with Crippen LogP contribution in [0.5, 0.6) is 0 Å². The predicted octanol–water partition coefficient (Wildman–Crippen LogP) is 3.06. The number of hydrogen-bond donors (Lipinski definition) is 0. The summed E-state index contributed by atoms with van der Waals surface area (Å²) in [5, 5.41) is -0.190. The number of methoxy groups -OCH3 is 1. The van der Waals surface area contributed by atoms with Gasteiger partial charge in [0.05, 0.1) is 17.7 Å². The first-order valence-corrected chi connectivity index (χ1v) is 5.15. The SMILES string of the molecule is COC(=O)c1cc(Cl)c(C(F)F)c(I)n1. The zero-order valence-corrected chi connectivity index (χ0v) is 10.3. The number of esters is 1. The molecule has 3 nitrogen and oxygen atoms in total. The van der Waals surface area contributed by atoms with E-state index < -0.39 is 12.4 Å². The van der Waals surface area contributed by atoms with E-state index in [-0.39, 0.29) is 20.0 Å². The van der Waals surface area contributed by atoms with Gasteiger partial charge in [0, 0.05) is 0 Å². The molecule has 0 aliphatic rings. The van der Waals surface area contributed by atoms with Crippen molar-refractivity contribution in [3.8, 4) is 0 Å². The Labute approximate surface area is 103 Å². The smallest absolute Gasteiger partial charge is 0.356 e. The first-order chi connectivity index (χ1) is 6.97. The van der Waals surface area contributed by atoms with Gasteiger partial charge in [-0.1, -0.05) is 11.6 Å². The van der Waals surface area contributed by atoms with Gasteiger partial charge in [0.25, 0.3) is 6.43 Å². The predicted molar refractivity (Wildman–Crippen MR) is 58.3 cm³/mol. The van der Waals surface area contributed by atoms with Crippen LogP contribution in [0.15, 0.2) is 6.07 Å². The quantitative estimate of drug-likeness (QED) is 0.469. The molecule has 0 aliphatic heterocycles. The summed E-state index contributed by atoms with van der Waals surface area (Å²) in [6.07, 6.45) is -2.72. The molecule has 1 rings (SSSR count). The van der Waals surface area contributed by atoms with E-state index in [9.17, 15) is 13.6 Å². The second kappa shape index (κ2) is 5.02. The Morgan fingerprint density at radius 2 is 2.27 bits per heavy atom. The Balaban J connectivity index is 3.25. The van der Waals surface area contributed by atoms with Crippen LogP contribution < -0.4 is 0 Å². The van der Waals surface area contributed by atoms with Crippen LogP contribution in [-0.2, 0) is 4.74 Å².